The molecule has 2 atom stereocenters. The van der Waals surface area contributed by atoms with Gasteiger partial charge in [0.25, 0.3) is 0 Å². The Labute approximate surface area is 99.8 Å². The maximum absolute atomic E-state index is 9.55. The predicted molar refractivity (Wildman–Crippen MR) is 67.4 cm³/mol. The molecular weight excluding hydrogens is 198 g/mol. The van der Waals surface area contributed by atoms with Gasteiger partial charge in [0.15, 0.2) is 0 Å². The van der Waals surface area contributed by atoms with Crippen molar-refractivity contribution in [2.75, 3.05) is 13.2 Å². The van der Waals surface area contributed by atoms with E-state index in [0.29, 0.717) is 6.61 Å². The van der Waals surface area contributed by atoms with Crippen LogP contribution in [0, 0.1) is 11.8 Å². The molecule has 0 bridgehead atoms. The average Bonchev–Trinajstić information content (AvgIpc) is 2.78. The molecule has 0 aliphatic heterocycles. The van der Waals surface area contributed by atoms with Gasteiger partial charge in [0.2, 0.25) is 0 Å². The molecule has 2 unspecified atom stereocenters. The molecule has 0 aromatic carbocycles. The molecule has 0 amide bonds. The van der Waals surface area contributed by atoms with Gasteiger partial charge >= 0.3 is 0 Å². The quantitative estimate of drug-likeness (QED) is 0.771. The van der Waals surface area contributed by atoms with Crippen LogP contribution in [-0.2, 0) is 0 Å². The second kappa shape index (κ2) is 5.50. The van der Waals surface area contributed by atoms with E-state index < -0.39 is 0 Å². The van der Waals surface area contributed by atoms with Crippen molar-refractivity contribution in [1.29, 1.82) is 0 Å². The highest BCUT2D eigenvalue weighted by atomic mass is 16.3. The Kier molecular flexibility index (Phi) is 4.26. The lowest BCUT2D eigenvalue weighted by Gasteiger charge is -2.34. The van der Waals surface area contributed by atoms with Crippen LogP contribution in [0.4, 0.5) is 0 Å². The highest BCUT2D eigenvalue weighted by Crippen LogP contribution is 2.32. The Morgan fingerprint density at radius 3 is 2.44 bits per heavy atom. The maximum atomic E-state index is 9.55. The van der Waals surface area contributed by atoms with Gasteiger partial charge in [0.1, 0.15) is 0 Å². The summed E-state index contributed by atoms with van der Waals surface area (Å²) in [6, 6.07) is 0. The van der Waals surface area contributed by atoms with Gasteiger partial charge in [0.05, 0.1) is 6.61 Å². The second-order valence-corrected chi connectivity index (χ2v) is 6.05. The Morgan fingerprint density at radius 1 is 1.12 bits per heavy atom. The number of aliphatic hydroxyl groups is 1. The molecule has 2 heteroatoms. The molecule has 2 N–H and O–H groups in total. The molecule has 2 rings (SSSR count). The molecule has 2 aliphatic rings. The second-order valence-electron chi connectivity index (χ2n) is 6.05. The van der Waals surface area contributed by atoms with Crippen LogP contribution in [-0.4, -0.2) is 23.8 Å². The van der Waals surface area contributed by atoms with Crippen molar-refractivity contribution in [1.82, 2.24) is 5.32 Å². The Hall–Kier alpha value is -0.0800. The number of nitrogens with one attached hydrogen (secondary N) is 1. The molecule has 0 radical (unpaired) electrons. The monoisotopic (exact) mass is 225 g/mol. The molecule has 0 spiro atoms. The topological polar surface area (TPSA) is 32.3 Å². The third kappa shape index (κ3) is 2.78. The van der Waals surface area contributed by atoms with Gasteiger partial charge in [-0.25, -0.2) is 0 Å². The van der Waals surface area contributed by atoms with Gasteiger partial charge in [-0.2, -0.15) is 0 Å². The van der Waals surface area contributed by atoms with Gasteiger partial charge in [-0.1, -0.05) is 39.0 Å². The summed E-state index contributed by atoms with van der Waals surface area (Å²) in [6.45, 7) is 3.85. The van der Waals surface area contributed by atoms with E-state index in [2.05, 4.69) is 12.2 Å². The zero-order valence-electron chi connectivity index (χ0n) is 10.7. The Balaban J connectivity index is 1.80. The van der Waals surface area contributed by atoms with Crippen LogP contribution in [0.2, 0.25) is 0 Å². The normalized spacial score (nSPS) is 34.1. The van der Waals surface area contributed by atoms with Crippen molar-refractivity contribution in [3.05, 3.63) is 0 Å². The zero-order valence-corrected chi connectivity index (χ0v) is 10.7. The molecule has 16 heavy (non-hydrogen) atoms. The summed E-state index contributed by atoms with van der Waals surface area (Å²) >= 11 is 0. The molecule has 0 aromatic heterocycles. The van der Waals surface area contributed by atoms with Gasteiger partial charge in [-0.05, 0) is 37.6 Å². The van der Waals surface area contributed by atoms with Crippen LogP contribution in [0.3, 0.4) is 0 Å². The van der Waals surface area contributed by atoms with Crippen molar-refractivity contribution in [2.45, 2.75) is 63.8 Å². The third-order valence-corrected chi connectivity index (χ3v) is 4.89. The number of hydrogen-bond donors (Lipinski definition) is 2. The molecule has 2 saturated carbocycles. The number of hydrogen-bond acceptors (Lipinski definition) is 2. The molecule has 2 nitrogen and oxygen atoms in total. The third-order valence-electron chi connectivity index (χ3n) is 4.89. The number of aliphatic hydroxyl groups excluding tert-OH is 1. The Morgan fingerprint density at radius 2 is 1.81 bits per heavy atom. The first-order valence-electron chi connectivity index (χ1n) is 7.12. The summed E-state index contributed by atoms with van der Waals surface area (Å²) in [5.74, 6) is 1.72. The lowest BCUT2D eigenvalue weighted by Crippen LogP contribution is -2.48. The van der Waals surface area contributed by atoms with Crippen LogP contribution >= 0.6 is 0 Å². The SMILES string of the molecule is CC1CCCCC1CNC1(CO)CCCC1. The van der Waals surface area contributed by atoms with E-state index in [1.54, 1.807) is 0 Å². The van der Waals surface area contributed by atoms with E-state index in [0.717, 1.165) is 18.4 Å². The summed E-state index contributed by atoms with van der Waals surface area (Å²) in [4.78, 5) is 0. The van der Waals surface area contributed by atoms with E-state index in [4.69, 9.17) is 0 Å². The fourth-order valence-electron chi connectivity index (χ4n) is 3.49. The Bertz CT molecular complexity index is 211. The zero-order chi connectivity index (χ0) is 11.4. The fraction of sp³-hybridized carbons (Fsp3) is 1.00. The summed E-state index contributed by atoms with van der Waals surface area (Å²) in [5.41, 5.74) is 0.0805. The van der Waals surface area contributed by atoms with Crippen LogP contribution in [0.15, 0.2) is 0 Å². The van der Waals surface area contributed by atoms with Gasteiger partial charge < -0.3 is 10.4 Å². The minimum Gasteiger partial charge on any atom is -0.394 e. The highest BCUT2D eigenvalue weighted by molar-refractivity contribution is 4.93. The van der Waals surface area contributed by atoms with Crippen LogP contribution < -0.4 is 5.32 Å². The number of rotatable bonds is 4. The van der Waals surface area contributed by atoms with Crippen molar-refractivity contribution in [2.24, 2.45) is 11.8 Å². The summed E-state index contributed by atoms with van der Waals surface area (Å²) in [6.07, 6.45) is 10.5. The van der Waals surface area contributed by atoms with Gasteiger partial charge in [-0.3, -0.25) is 0 Å². The highest BCUT2D eigenvalue weighted by Gasteiger charge is 2.33. The van der Waals surface area contributed by atoms with Gasteiger partial charge in [-0.15, -0.1) is 0 Å². The van der Waals surface area contributed by atoms with E-state index >= 15 is 0 Å². The minimum absolute atomic E-state index is 0.0805. The van der Waals surface area contributed by atoms with Crippen LogP contribution in [0.25, 0.3) is 0 Å². The molecule has 0 saturated heterocycles. The maximum Gasteiger partial charge on any atom is 0.0613 e. The standard InChI is InChI=1S/C14H27NO/c1-12-6-2-3-7-13(12)10-15-14(11-16)8-4-5-9-14/h12-13,15-16H,2-11H2,1H3. The average molecular weight is 225 g/mol. The van der Waals surface area contributed by atoms with Gasteiger partial charge in [0, 0.05) is 5.54 Å². The molecule has 2 aliphatic carbocycles. The predicted octanol–water partition coefficient (Wildman–Crippen LogP) is 2.71. The molecule has 0 aromatic rings. The first kappa shape index (κ1) is 12.4. The molecular formula is C14H27NO. The van der Waals surface area contributed by atoms with E-state index in [-0.39, 0.29) is 5.54 Å². The lowest BCUT2D eigenvalue weighted by molar-refractivity contribution is 0.144. The van der Waals surface area contributed by atoms with Crippen molar-refractivity contribution < 1.29 is 5.11 Å². The van der Waals surface area contributed by atoms with Crippen molar-refractivity contribution >= 4 is 0 Å². The molecule has 0 heterocycles. The lowest BCUT2D eigenvalue weighted by atomic mass is 9.80. The first-order valence-corrected chi connectivity index (χ1v) is 7.12. The van der Waals surface area contributed by atoms with Crippen molar-refractivity contribution in [3.8, 4) is 0 Å². The van der Waals surface area contributed by atoms with Crippen molar-refractivity contribution in [3.63, 3.8) is 0 Å². The summed E-state index contributed by atoms with van der Waals surface area (Å²) < 4.78 is 0. The summed E-state index contributed by atoms with van der Waals surface area (Å²) in [7, 11) is 0. The smallest absolute Gasteiger partial charge is 0.0613 e. The summed E-state index contributed by atoms with van der Waals surface area (Å²) in [5, 5.41) is 13.2. The van der Waals surface area contributed by atoms with Crippen LogP contribution in [0.5, 0.6) is 0 Å². The van der Waals surface area contributed by atoms with E-state index in [9.17, 15) is 5.11 Å². The van der Waals surface area contributed by atoms with E-state index in [1.807, 2.05) is 0 Å². The fourth-order valence-corrected chi connectivity index (χ4v) is 3.49. The first-order chi connectivity index (χ1) is 7.76. The van der Waals surface area contributed by atoms with E-state index in [1.165, 1.54) is 51.4 Å². The minimum atomic E-state index is 0.0805. The van der Waals surface area contributed by atoms with Crippen LogP contribution in [0.1, 0.15) is 58.3 Å². The molecule has 94 valence electrons. The largest absolute Gasteiger partial charge is 0.394 e. The molecule has 2 fully saturated rings.